The average Bonchev–Trinajstić information content (AvgIpc) is 3.14. The number of thiophene rings is 1. The van der Waals surface area contributed by atoms with Gasteiger partial charge in [-0.25, -0.2) is 0 Å². The second kappa shape index (κ2) is 10.3. The lowest BCUT2D eigenvalue weighted by molar-refractivity contribution is -0.132. The lowest BCUT2D eigenvalue weighted by Gasteiger charge is -2.35. The zero-order valence-electron chi connectivity index (χ0n) is 18.7. The van der Waals surface area contributed by atoms with Gasteiger partial charge in [0.1, 0.15) is 0 Å². The fourth-order valence-electron chi connectivity index (χ4n) is 3.72. The van der Waals surface area contributed by atoms with Gasteiger partial charge in [-0.1, -0.05) is 0 Å². The summed E-state index contributed by atoms with van der Waals surface area (Å²) in [5.74, 6) is 1.72. The van der Waals surface area contributed by atoms with Gasteiger partial charge in [-0.2, -0.15) is 0 Å². The summed E-state index contributed by atoms with van der Waals surface area (Å²) in [4.78, 5) is 20.5. The summed E-state index contributed by atoms with van der Waals surface area (Å²) in [7, 11) is 5.23. The Morgan fingerprint density at radius 1 is 1.03 bits per heavy atom. The molecular formula is C23H33N3O3S. The summed E-state index contributed by atoms with van der Waals surface area (Å²) in [6.45, 7) is 9.99. The Labute approximate surface area is 184 Å². The molecule has 0 atom stereocenters. The van der Waals surface area contributed by atoms with E-state index in [2.05, 4.69) is 41.2 Å². The predicted molar refractivity (Wildman–Crippen MR) is 122 cm³/mol. The largest absolute Gasteiger partial charge is 0.493 e. The average molecular weight is 432 g/mol. The molecule has 1 saturated heterocycles. The minimum Gasteiger partial charge on any atom is -0.493 e. The summed E-state index contributed by atoms with van der Waals surface area (Å²) >= 11 is 1.72. The Balaban J connectivity index is 1.49. The summed E-state index contributed by atoms with van der Waals surface area (Å²) < 4.78 is 10.8. The van der Waals surface area contributed by atoms with E-state index in [-0.39, 0.29) is 5.91 Å². The number of piperazine rings is 1. The Morgan fingerprint density at radius 3 is 2.27 bits per heavy atom. The molecular weight excluding hydrogens is 398 g/mol. The van der Waals surface area contributed by atoms with Crippen molar-refractivity contribution in [1.82, 2.24) is 14.7 Å². The van der Waals surface area contributed by atoms with Gasteiger partial charge in [0, 0.05) is 44.6 Å². The number of benzene rings is 1. The third-order valence-corrected chi connectivity index (χ3v) is 6.84. The number of carbonyl (C=O) groups is 1. The number of hydrogen-bond donors (Lipinski definition) is 0. The molecule has 0 spiro atoms. The molecule has 0 radical (unpaired) electrons. The number of amides is 1. The van der Waals surface area contributed by atoms with Crippen LogP contribution in [0.15, 0.2) is 23.6 Å². The van der Waals surface area contributed by atoms with Crippen molar-refractivity contribution in [2.24, 2.45) is 0 Å². The maximum absolute atomic E-state index is 12.6. The van der Waals surface area contributed by atoms with Crippen LogP contribution < -0.4 is 9.47 Å². The highest BCUT2D eigenvalue weighted by Crippen LogP contribution is 2.31. The summed E-state index contributed by atoms with van der Waals surface area (Å²) in [6.07, 6.45) is 0. The van der Waals surface area contributed by atoms with Crippen LogP contribution >= 0.6 is 11.3 Å². The van der Waals surface area contributed by atoms with E-state index >= 15 is 0 Å². The maximum atomic E-state index is 12.6. The molecule has 0 bridgehead atoms. The molecule has 30 heavy (non-hydrogen) atoms. The maximum Gasteiger partial charge on any atom is 0.236 e. The zero-order chi connectivity index (χ0) is 21.7. The number of nitrogens with zero attached hydrogens (tertiary/aromatic N) is 3. The normalized spacial score (nSPS) is 15.2. The van der Waals surface area contributed by atoms with E-state index in [0.29, 0.717) is 13.1 Å². The molecule has 1 fully saturated rings. The third-order valence-electron chi connectivity index (χ3n) is 5.83. The van der Waals surface area contributed by atoms with Crippen molar-refractivity contribution in [2.75, 3.05) is 54.0 Å². The van der Waals surface area contributed by atoms with Crippen LogP contribution in [-0.4, -0.2) is 74.6 Å². The Hall–Kier alpha value is -2.09. The Morgan fingerprint density at radius 2 is 1.67 bits per heavy atom. The molecule has 2 heterocycles. The van der Waals surface area contributed by atoms with E-state index in [9.17, 15) is 4.79 Å². The monoisotopic (exact) mass is 431 g/mol. The molecule has 1 aromatic carbocycles. The van der Waals surface area contributed by atoms with Gasteiger partial charge < -0.3 is 14.4 Å². The van der Waals surface area contributed by atoms with E-state index in [1.54, 1.807) is 25.6 Å². The molecule has 164 valence electrons. The molecule has 6 nitrogen and oxygen atoms in total. The van der Waals surface area contributed by atoms with Gasteiger partial charge in [0.05, 0.1) is 27.3 Å². The number of ether oxygens (including phenoxy) is 2. The fraction of sp³-hybridized carbons (Fsp3) is 0.522. The van der Waals surface area contributed by atoms with Crippen LogP contribution in [0, 0.1) is 13.8 Å². The Bertz CT molecular complexity index is 859. The molecule has 1 aliphatic heterocycles. The standard InChI is InChI=1S/C23H33N3O3S/c1-17-6-11-30-22(17)15-24(3)23(27)16-26-9-7-25(8-10-26)14-19-13-21(29-5)20(28-4)12-18(19)2/h6,11-13H,7-10,14-16H2,1-5H3. The lowest BCUT2D eigenvalue weighted by atomic mass is 10.1. The van der Waals surface area contributed by atoms with E-state index in [1.165, 1.54) is 21.6 Å². The second-order valence-corrected chi connectivity index (χ2v) is 8.96. The van der Waals surface area contributed by atoms with Gasteiger partial charge in [-0.05, 0) is 54.1 Å². The fourth-order valence-corrected chi connectivity index (χ4v) is 4.68. The van der Waals surface area contributed by atoms with Crippen LogP contribution in [0.5, 0.6) is 11.5 Å². The SMILES string of the molecule is COc1cc(C)c(CN2CCN(CC(=O)N(C)Cc3sccc3C)CC2)cc1OC. The van der Waals surface area contributed by atoms with Crippen LogP contribution in [0.3, 0.4) is 0 Å². The minimum absolute atomic E-state index is 0.187. The number of likely N-dealkylation sites (N-methyl/N-ethyl adjacent to an activating group) is 1. The summed E-state index contributed by atoms with van der Waals surface area (Å²) in [5.41, 5.74) is 3.72. The first-order valence-corrected chi connectivity index (χ1v) is 11.2. The molecule has 3 rings (SSSR count). The molecule has 0 N–H and O–H groups in total. The van der Waals surface area contributed by atoms with Gasteiger partial charge in [0.25, 0.3) is 0 Å². The third kappa shape index (κ3) is 5.53. The Kier molecular flexibility index (Phi) is 7.75. The quantitative estimate of drug-likeness (QED) is 0.643. The number of carbonyl (C=O) groups excluding carboxylic acids is 1. The van der Waals surface area contributed by atoms with Crippen molar-refractivity contribution < 1.29 is 14.3 Å². The van der Waals surface area contributed by atoms with Gasteiger partial charge in [-0.3, -0.25) is 14.6 Å². The molecule has 7 heteroatoms. The molecule has 2 aromatic rings. The first kappa shape index (κ1) is 22.6. The van der Waals surface area contributed by atoms with Crippen LogP contribution in [-0.2, 0) is 17.9 Å². The van der Waals surface area contributed by atoms with Crippen molar-refractivity contribution in [3.63, 3.8) is 0 Å². The number of aryl methyl sites for hydroxylation is 2. The highest BCUT2D eigenvalue weighted by atomic mass is 32.1. The lowest BCUT2D eigenvalue weighted by Crippen LogP contribution is -2.49. The molecule has 1 amide bonds. The number of rotatable bonds is 8. The van der Waals surface area contributed by atoms with Crippen LogP contribution in [0.4, 0.5) is 0 Å². The van der Waals surface area contributed by atoms with Gasteiger partial charge in [-0.15, -0.1) is 11.3 Å². The van der Waals surface area contributed by atoms with Crippen LogP contribution in [0.2, 0.25) is 0 Å². The molecule has 0 unspecified atom stereocenters. The van der Waals surface area contributed by atoms with E-state index in [0.717, 1.165) is 44.2 Å². The van der Waals surface area contributed by atoms with Gasteiger partial charge in [0.2, 0.25) is 5.91 Å². The summed E-state index contributed by atoms with van der Waals surface area (Å²) in [5, 5.41) is 2.09. The highest BCUT2D eigenvalue weighted by molar-refractivity contribution is 7.10. The molecule has 0 saturated carbocycles. The van der Waals surface area contributed by atoms with Crippen molar-refractivity contribution in [3.05, 3.63) is 45.1 Å². The molecule has 0 aliphatic carbocycles. The minimum atomic E-state index is 0.187. The highest BCUT2D eigenvalue weighted by Gasteiger charge is 2.22. The topological polar surface area (TPSA) is 45.2 Å². The van der Waals surface area contributed by atoms with Crippen molar-refractivity contribution in [1.29, 1.82) is 0 Å². The van der Waals surface area contributed by atoms with E-state index in [1.807, 2.05) is 18.0 Å². The first-order chi connectivity index (χ1) is 14.4. The van der Waals surface area contributed by atoms with Crippen molar-refractivity contribution in [2.45, 2.75) is 26.9 Å². The van der Waals surface area contributed by atoms with Crippen LogP contribution in [0.25, 0.3) is 0 Å². The zero-order valence-corrected chi connectivity index (χ0v) is 19.6. The van der Waals surface area contributed by atoms with Crippen molar-refractivity contribution in [3.8, 4) is 11.5 Å². The van der Waals surface area contributed by atoms with Gasteiger partial charge >= 0.3 is 0 Å². The molecule has 1 aromatic heterocycles. The predicted octanol–water partition coefficient (Wildman–Crippen LogP) is 3.16. The second-order valence-electron chi connectivity index (χ2n) is 7.96. The molecule has 1 aliphatic rings. The van der Waals surface area contributed by atoms with Crippen LogP contribution in [0.1, 0.15) is 21.6 Å². The smallest absolute Gasteiger partial charge is 0.236 e. The summed E-state index contributed by atoms with van der Waals surface area (Å²) in [6, 6.07) is 6.22. The van der Waals surface area contributed by atoms with Crippen molar-refractivity contribution >= 4 is 17.2 Å². The van der Waals surface area contributed by atoms with E-state index in [4.69, 9.17) is 9.47 Å². The number of hydrogen-bond acceptors (Lipinski definition) is 6. The number of methoxy groups -OCH3 is 2. The van der Waals surface area contributed by atoms with E-state index < -0.39 is 0 Å². The first-order valence-electron chi connectivity index (χ1n) is 10.3. The van der Waals surface area contributed by atoms with Gasteiger partial charge in [0.15, 0.2) is 11.5 Å².